The van der Waals surface area contributed by atoms with E-state index >= 15 is 0 Å². The molecule has 0 saturated heterocycles. The zero-order chi connectivity index (χ0) is 20.4. The van der Waals surface area contributed by atoms with Crippen LogP contribution >= 0.6 is 11.6 Å². The second-order valence-electron chi connectivity index (χ2n) is 7.27. The molecule has 2 heterocycles. The Labute approximate surface area is 172 Å². The molecule has 0 bridgehead atoms. The molecule has 3 aromatic rings. The lowest BCUT2D eigenvalue weighted by molar-refractivity contribution is -0.130. The minimum atomic E-state index is -1.36. The molecule has 1 saturated carbocycles. The standard InChI is InChI=1S/C21H21ClN4O3/c22-18-10-13-9-16(25-17(13)11-23-18)20(28)26-15(8-12-4-2-1-3-5-12)19(27)21(29)24-14-6-7-14/h1-5,9-11,14-15,19,25,27H,6-8H2,(H,24,29)(H,26,28)/t15-,19-/m0/s1. The number of carbonyl (C=O) groups is 2. The van der Waals surface area contributed by atoms with Crippen molar-refractivity contribution in [2.75, 3.05) is 0 Å². The van der Waals surface area contributed by atoms with Crippen molar-refractivity contribution in [3.05, 3.63) is 65.1 Å². The third-order valence-corrected chi connectivity index (χ3v) is 5.11. The average molecular weight is 413 g/mol. The fourth-order valence-electron chi connectivity index (χ4n) is 3.18. The molecule has 1 aliphatic carbocycles. The van der Waals surface area contributed by atoms with E-state index in [1.165, 1.54) is 0 Å². The Balaban J connectivity index is 1.53. The largest absolute Gasteiger partial charge is 0.381 e. The van der Waals surface area contributed by atoms with Crippen molar-refractivity contribution in [3.8, 4) is 0 Å². The normalized spacial score (nSPS) is 15.7. The monoisotopic (exact) mass is 412 g/mol. The summed E-state index contributed by atoms with van der Waals surface area (Å²) in [7, 11) is 0. The van der Waals surface area contributed by atoms with E-state index in [1.807, 2.05) is 30.3 Å². The number of H-pyrrole nitrogens is 1. The van der Waals surface area contributed by atoms with Crippen molar-refractivity contribution in [2.45, 2.75) is 37.5 Å². The molecule has 2 amide bonds. The van der Waals surface area contributed by atoms with Crippen molar-refractivity contribution in [3.63, 3.8) is 0 Å². The van der Waals surface area contributed by atoms with Crippen LogP contribution in [0.15, 0.2) is 48.7 Å². The number of aliphatic hydroxyl groups is 1. The number of rotatable bonds is 7. The Morgan fingerprint density at radius 3 is 2.72 bits per heavy atom. The summed E-state index contributed by atoms with van der Waals surface area (Å²) in [6, 6.07) is 12.1. The predicted octanol–water partition coefficient (Wildman–Crippen LogP) is 2.20. The first-order valence-corrected chi connectivity index (χ1v) is 9.85. The van der Waals surface area contributed by atoms with Crippen molar-refractivity contribution < 1.29 is 14.7 Å². The van der Waals surface area contributed by atoms with Gasteiger partial charge in [0.25, 0.3) is 11.8 Å². The number of fused-ring (bicyclic) bond motifs is 1. The summed E-state index contributed by atoms with van der Waals surface area (Å²) in [6.45, 7) is 0. The van der Waals surface area contributed by atoms with Gasteiger partial charge in [0.2, 0.25) is 0 Å². The summed E-state index contributed by atoms with van der Waals surface area (Å²) in [5.41, 5.74) is 1.88. The third-order valence-electron chi connectivity index (χ3n) is 4.90. The van der Waals surface area contributed by atoms with Gasteiger partial charge in [0.15, 0.2) is 6.10 Å². The Bertz CT molecular complexity index is 1030. The summed E-state index contributed by atoms with van der Waals surface area (Å²) in [4.78, 5) is 32.2. The Hall–Kier alpha value is -2.90. The smallest absolute Gasteiger partial charge is 0.268 e. The second kappa shape index (κ2) is 8.23. The molecule has 1 fully saturated rings. The maximum atomic E-state index is 12.8. The molecule has 2 atom stereocenters. The van der Waals surface area contributed by atoms with Crippen LogP contribution in [-0.4, -0.2) is 45.1 Å². The molecule has 0 radical (unpaired) electrons. The number of aromatic amines is 1. The summed E-state index contributed by atoms with van der Waals surface area (Å²) in [5, 5.41) is 17.3. The lowest BCUT2D eigenvalue weighted by atomic mass is 10.0. The molecule has 1 aliphatic rings. The minimum Gasteiger partial charge on any atom is -0.381 e. The molecule has 150 valence electrons. The van der Waals surface area contributed by atoms with Gasteiger partial charge in [-0.05, 0) is 37.0 Å². The highest BCUT2D eigenvalue weighted by atomic mass is 35.5. The van der Waals surface area contributed by atoms with E-state index in [2.05, 4.69) is 20.6 Å². The number of hydrogen-bond acceptors (Lipinski definition) is 4. The summed E-state index contributed by atoms with van der Waals surface area (Å²) in [6.07, 6.45) is 2.34. The number of amides is 2. The Kier molecular flexibility index (Phi) is 5.51. The van der Waals surface area contributed by atoms with E-state index in [0.717, 1.165) is 23.8 Å². The number of aromatic nitrogens is 2. The molecule has 7 nitrogen and oxygen atoms in total. The van der Waals surface area contributed by atoms with Crippen molar-refractivity contribution >= 4 is 34.3 Å². The number of nitrogens with one attached hydrogen (secondary N) is 3. The quantitative estimate of drug-likeness (QED) is 0.446. The number of aliphatic hydroxyl groups excluding tert-OH is 1. The van der Waals surface area contributed by atoms with E-state index in [4.69, 9.17) is 11.6 Å². The van der Waals surface area contributed by atoms with E-state index in [0.29, 0.717) is 22.8 Å². The van der Waals surface area contributed by atoms with Crippen LogP contribution in [0.1, 0.15) is 28.9 Å². The number of benzene rings is 1. The van der Waals surface area contributed by atoms with Crippen molar-refractivity contribution in [1.29, 1.82) is 0 Å². The molecular formula is C21H21ClN4O3. The molecule has 4 N–H and O–H groups in total. The van der Waals surface area contributed by atoms with E-state index in [-0.39, 0.29) is 6.04 Å². The zero-order valence-electron chi connectivity index (χ0n) is 15.6. The van der Waals surface area contributed by atoms with Crippen LogP contribution in [0, 0.1) is 0 Å². The van der Waals surface area contributed by atoms with Gasteiger partial charge in [-0.3, -0.25) is 9.59 Å². The lowest BCUT2D eigenvalue weighted by Gasteiger charge is -2.23. The van der Waals surface area contributed by atoms with Crippen molar-refractivity contribution in [2.24, 2.45) is 0 Å². The van der Waals surface area contributed by atoms with Gasteiger partial charge >= 0.3 is 0 Å². The highest BCUT2D eigenvalue weighted by molar-refractivity contribution is 6.30. The fraction of sp³-hybridized carbons (Fsp3) is 0.286. The molecule has 0 unspecified atom stereocenters. The second-order valence-corrected chi connectivity index (χ2v) is 7.66. The van der Waals surface area contributed by atoms with Gasteiger partial charge in [0.05, 0.1) is 17.8 Å². The molecule has 2 aromatic heterocycles. The summed E-state index contributed by atoms with van der Waals surface area (Å²) in [5.74, 6) is -0.891. The maximum absolute atomic E-state index is 12.8. The number of carbonyl (C=O) groups excluding carboxylic acids is 2. The van der Waals surface area contributed by atoms with Gasteiger partial charge in [-0.25, -0.2) is 4.98 Å². The first-order valence-electron chi connectivity index (χ1n) is 9.47. The van der Waals surface area contributed by atoms with E-state index in [9.17, 15) is 14.7 Å². The number of halogens is 1. The molecule has 0 aliphatic heterocycles. The van der Waals surface area contributed by atoms with Gasteiger partial charge in [-0.2, -0.15) is 0 Å². The van der Waals surface area contributed by atoms with Gasteiger partial charge in [-0.15, -0.1) is 0 Å². The summed E-state index contributed by atoms with van der Waals surface area (Å²) >= 11 is 5.90. The Morgan fingerprint density at radius 1 is 1.24 bits per heavy atom. The summed E-state index contributed by atoms with van der Waals surface area (Å²) < 4.78 is 0. The molecule has 29 heavy (non-hydrogen) atoms. The van der Waals surface area contributed by atoms with Crippen LogP contribution in [-0.2, 0) is 11.2 Å². The first kappa shape index (κ1) is 19.4. The molecule has 1 aromatic carbocycles. The number of hydrogen-bond donors (Lipinski definition) is 4. The third kappa shape index (κ3) is 4.75. The molecular weight excluding hydrogens is 392 g/mol. The average Bonchev–Trinajstić information content (AvgIpc) is 3.42. The Morgan fingerprint density at radius 2 is 2.00 bits per heavy atom. The van der Waals surface area contributed by atoms with Crippen LogP contribution < -0.4 is 10.6 Å². The molecule has 4 rings (SSSR count). The first-order chi connectivity index (χ1) is 14.0. The van der Waals surface area contributed by atoms with E-state index < -0.39 is 24.0 Å². The maximum Gasteiger partial charge on any atom is 0.268 e. The van der Waals surface area contributed by atoms with Gasteiger partial charge in [0, 0.05) is 11.4 Å². The topological polar surface area (TPSA) is 107 Å². The van der Waals surface area contributed by atoms with Crippen LogP contribution in [0.4, 0.5) is 0 Å². The van der Waals surface area contributed by atoms with Crippen molar-refractivity contribution in [1.82, 2.24) is 20.6 Å². The van der Waals surface area contributed by atoms with Gasteiger partial charge < -0.3 is 20.7 Å². The van der Waals surface area contributed by atoms with Crippen LogP contribution in [0.3, 0.4) is 0 Å². The SMILES string of the molecule is O=C(N[C@@H](Cc1ccccc1)[C@H](O)C(=O)NC1CC1)c1cc2cc(Cl)ncc2[nH]1. The number of pyridine rings is 1. The molecule has 0 spiro atoms. The minimum absolute atomic E-state index is 0.121. The van der Waals surface area contributed by atoms with Gasteiger partial charge in [0.1, 0.15) is 10.8 Å². The van der Waals surface area contributed by atoms with Gasteiger partial charge in [-0.1, -0.05) is 41.9 Å². The van der Waals surface area contributed by atoms with E-state index in [1.54, 1.807) is 18.3 Å². The van der Waals surface area contributed by atoms with Crippen LogP contribution in [0.2, 0.25) is 5.15 Å². The van der Waals surface area contributed by atoms with Crippen LogP contribution in [0.5, 0.6) is 0 Å². The number of nitrogens with zero attached hydrogens (tertiary/aromatic N) is 1. The zero-order valence-corrected chi connectivity index (χ0v) is 16.3. The predicted molar refractivity (Wildman–Crippen MR) is 110 cm³/mol. The highest BCUT2D eigenvalue weighted by Crippen LogP contribution is 2.20. The van der Waals surface area contributed by atoms with Crippen LogP contribution in [0.25, 0.3) is 10.9 Å². The molecule has 8 heteroatoms. The highest BCUT2D eigenvalue weighted by Gasteiger charge is 2.32. The lowest BCUT2D eigenvalue weighted by Crippen LogP contribution is -2.52. The fourth-order valence-corrected chi connectivity index (χ4v) is 3.35.